The Hall–Kier alpha value is -1.24. The molecule has 2 rings (SSSR count). The molecule has 21 heavy (non-hydrogen) atoms. The van der Waals surface area contributed by atoms with Gasteiger partial charge in [-0.2, -0.15) is 0 Å². The fourth-order valence-electron chi connectivity index (χ4n) is 3.43. The summed E-state index contributed by atoms with van der Waals surface area (Å²) in [5.41, 5.74) is -3.58. The highest BCUT2D eigenvalue weighted by atomic mass is 19.1. The standard InChI is InChI=1S/C15H21FO5/c1-9(6-11(18)19)4-5-15(20)13(2)7-10(17)12(16)14(15,3)21-8-13/h4-6,10,12,17,20H,7-8H2,1-3H3,(H,18,19)/b5-4+,9-6-/t10-,12+,13+,14+,15-/m0/s1. The summed E-state index contributed by atoms with van der Waals surface area (Å²) in [5.74, 6) is -1.09. The number of aliphatic hydroxyl groups excluding tert-OH is 1. The van der Waals surface area contributed by atoms with Gasteiger partial charge in [0, 0.05) is 11.5 Å². The van der Waals surface area contributed by atoms with Crippen LogP contribution in [0, 0.1) is 5.41 Å². The number of hydrogen-bond acceptors (Lipinski definition) is 4. The minimum Gasteiger partial charge on any atom is -0.478 e. The minimum absolute atomic E-state index is 0.0757. The fraction of sp³-hybridized carbons (Fsp3) is 0.667. The normalized spacial score (nSPS) is 47.0. The summed E-state index contributed by atoms with van der Waals surface area (Å²) in [4.78, 5) is 10.6. The van der Waals surface area contributed by atoms with Crippen molar-refractivity contribution in [2.45, 2.75) is 50.7 Å². The second-order valence-electron chi connectivity index (χ2n) is 6.46. The van der Waals surface area contributed by atoms with Gasteiger partial charge < -0.3 is 20.1 Å². The molecule has 1 saturated carbocycles. The summed E-state index contributed by atoms with van der Waals surface area (Å²) in [6.45, 7) is 4.87. The number of halogens is 1. The molecule has 1 saturated heterocycles. The van der Waals surface area contributed by atoms with Crippen LogP contribution < -0.4 is 0 Å². The molecule has 6 heteroatoms. The van der Waals surface area contributed by atoms with Crippen LogP contribution in [0.15, 0.2) is 23.8 Å². The lowest BCUT2D eigenvalue weighted by Crippen LogP contribution is -2.67. The van der Waals surface area contributed by atoms with Crippen molar-refractivity contribution in [3.63, 3.8) is 0 Å². The molecule has 1 heterocycles. The second-order valence-corrected chi connectivity index (χ2v) is 6.46. The molecule has 0 unspecified atom stereocenters. The van der Waals surface area contributed by atoms with Gasteiger partial charge in [0.1, 0.15) is 11.2 Å². The van der Waals surface area contributed by atoms with Gasteiger partial charge in [0.2, 0.25) is 0 Å². The Morgan fingerprint density at radius 1 is 1.43 bits per heavy atom. The number of aliphatic carboxylic acids is 1. The van der Waals surface area contributed by atoms with E-state index in [4.69, 9.17) is 9.84 Å². The first-order chi connectivity index (χ1) is 9.56. The minimum atomic E-state index is -1.72. The van der Waals surface area contributed by atoms with E-state index in [9.17, 15) is 19.4 Å². The van der Waals surface area contributed by atoms with Crippen LogP contribution in [0.3, 0.4) is 0 Å². The summed E-state index contributed by atoms with van der Waals surface area (Å²) < 4.78 is 19.9. The number of fused-ring (bicyclic) bond motifs is 2. The van der Waals surface area contributed by atoms with Crippen molar-refractivity contribution in [2.24, 2.45) is 5.41 Å². The molecular weight excluding hydrogens is 279 g/mol. The SMILES string of the molecule is CC(=C/C(=O)O)/C=C/[C@]1(O)[C@@]2(C)CO[C@]1(C)[C@H](F)[C@@H](O)C2. The van der Waals surface area contributed by atoms with Gasteiger partial charge in [0.25, 0.3) is 0 Å². The van der Waals surface area contributed by atoms with Gasteiger partial charge in [-0.05, 0) is 31.9 Å². The van der Waals surface area contributed by atoms with Crippen LogP contribution in [-0.4, -0.2) is 51.4 Å². The molecule has 0 radical (unpaired) electrons. The van der Waals surface area contributed by atoms with Gasteiger partial charge >= 0.3 is 5.97 Å². The second kappa shape index (κ2) is 4.90. The van der Waals surface area contributed by atoms with E-state index in [2.05, 4.69) is 0 Å². The summed E-state index contributed by atoms with van der Waals surface area (Å²) in [6.07, 6.45) is 1.01. The number of carbonyl (C=O) groups is 1. The van der Waals surface area contributed by atoms with Crippen LogP contribution in [0.1, 0.15) is 27.2 Å². The number of alkyl halides is 1. The molecule has 0 aromatic rings. The maximum atomic E-state index is 14.4. The largest absolute Gasteiger partial charge is 0.478 e. The number of allylic oxidation sites excluding steroid dienone is 2. The Morgan fingerprint density at radius 3 is 2.62 bits per heavy atom. The molecule has 1 aliphatic carbocycles. The third-order valence-corrected chi connectivity index (χ3v) is 4.83. The van der Waals surface area contributed by atoms with Gasteiger partial charge in [-0.15, -0.1) is 0 Å². The summed E-state index contributed by atoms with van der Waals surface area (Å²) >= 11 is 0. The molecule has 2 aliphatic rings. The molecule has 2 fully saturated rings. The molecule has 5 atom stereocenters. The topological polar surface area (TPSA) is 87.0 Å². The van der Waals surface area contributed by atoms with E-state index < -0.39 is 34.9 Å². The lowest BCUT2D eigenvalue weighted by atomic mass is 9.58. The zero-order valence-electron chi connectivity index (χ0n) is 12.3. The smallest absolute Gasteiger partial charge is 0.328 e. The van der Waals surface area contributed by atoms with E-state index in [1.165, 1.54) is 19.1 Å². The molecule has 118 valence electrons. The molecule has 5 nitrogen and oxygen atoms in total. The summed E-state index contributed by atoms with van der Waals surface area (Å²) in [6, 6.07) is 0. The Bertz CT molecular complexity index is 516. The Balaban J connectivity index is 2.41. The van der Waals surface area contributed by atoms with E-state index in [-0.39, 0.29) is 13.0 Å². The number of aliphatic hydroxyl groups is 2. The van der Waals surface area contributed by atoms with Crippen molar-refractivity contribution < 1.29 is 29.2 Å². The van der Waals surface area contributed by atoms with Crippen molar-refractivity contribution >= 4 is 5.97 Å². The van der Waals surface area contributed by atoms with Gasteiger partial charge in [-0.1, -0.05) is 13.0 Å². The van der Waals surface area contributed by atoms with Crippen LogP contribution in [0.4, 0.5) is 4.39 Å². The quantitative estimate of drug-likeness (QED) is 0.538. The molecule has 3 N–H and O–H groups in total. The van der Waals surface area contributed by atoms with Gasteiger partial charge in [-0.3, -0.25) is 0 Å². The van der Waals surface area contributed by atoms with E-state index in [0.717, 1.165) is 6.08 Å². The first-order valence-corrected chi connectivity index (χ1v) is 6.85. The molecule has 0 aromatic heterocycles. The zero-order chi connectivity index (χ0) is 16.1. The third kappa shape index (κ3) is 2.22. The highest BCUT2D eigenvalue weighted by Crippen LogP contribution is 2.58. The average molecular weight is 300 g/mol. The molecule has 0 spiro atoms. The third-order valence-electron chi connectivity index (χ3n) is 4.83. The highest BCUT2D eigenvalue weighted by Gasteiger charge is 2.71. The van der Waals surface area contributed by atoms with E-state index >= 15 is 0 Å². The van der Waals surface area contributed by atoms with E-state index in [1.807, 2.05) is 0 Å². The number of carboxylic acids is 1. The number of carboxylic acid groups (broad SMARTS) is 1. The van der Waals surface area contributed by atoms with Gasteiger partial charge in [0.15, 0.2) is 6.17 Å². The van der Waals surface area contributed by atoms with Crippen molar-refractivity contribution in [3.8, 4) is 0 Å². The predicted octanol–water partition coefficient (Wildman–Crippen LogP) is 1.20. The number of ether oxygens (including phenoxy) is 1. The first-order valence-electron chi connectivity index (χ1n) is 6.85. The maximum Gasteiger partial charge on any atom is 0.328 e. The van der Waals surface area contributed by atoms with Crippen LogP contribution in [0.5, 0.6) is 0 Å². The van der Waals surface area contributed by atoms with Crippen LogP contribution in [0.2, 0.25) is 0 Å². The van der Waals surface area contributed by atoms with Crippen molar-refractivity contribution in [3.05, 3.63) is 23.8 Å². The number of hydrogen-bond donors (Lipinski definition) is 3. The van der Waals surface area contributed by atoms with E-state index in [1.54, 1.807) is 13.8 Å². The molecule has 0 amide bonds. The lowest BCUT2D eigenvalue weighted by molar-refractivity contribution is -0.192. The fourth-order valence-corrected chi connectivity index (χ4v) is 3.43. The van der Waals surface area contributed by atoms with E-state index in [0.29, 0.717) is 5.57 Å². The van der Waals surface area contributed by atoms with Crippen LogP contribution in [-0.2, 0) is 9.53 Å². The maximum absolute atomic E-state index is 14.4. The Morgan fingerprint density at radius 2 is 2.05 bits per heavy atom. The summed E-state index contributed by atoms with van der Waals surface area (Å²) in [5, 5.41) is 29.6. The first kappa shape index (κ1) is 16.1. The monoisotopic (exact) mass is 300 g/mol. The zero-order valence-corrected chi connectivity index (χ0v) is 12.3. The highest BCUT2D eigenvalue weighted by molar-refractivity contribution is 5.81. The molecular formula is C15H21FO5. The predicted molar refractivity (Wildman–Crippen MR) is 73.5 cm³/mol. The van der Waals surface area contributed by atoms with Crippen LogP contribution >= 0.6 is 0 Å². The Kier molecular flexibility index (Phi) is 3.76. The summed E-state index contributed by atoms with van der Waals surface area (Å²) in [7, 11) is 0. The number of rotatable bonds is 3. The molecule has 0 aromatic carbocycles. The average Bonchev–Trinajstić information content (AvgIpc) is 2.51. The lowest BCUT2D eigenvalue weighted by Gasteiger charge is -2.51. The molecule has 2 bridgehead atoms. The Labute approximate surface area is 122 Å². The van der Waals surface area contributed by atoms with Crippen molar-refractivity contribution in [1.29, 1.82) is 0 Å². The van der Waals surface area contributed by atoms with Crippen LogP contribution in [0.25, 0.3) is 0 Å². The van der Waals surface area contributed by atoms with Crippen molar-refractivity contribution in [1.82, 2.24) is 0 Å². The van der Waals surface area contributed by atoms with Crippen molar-refractivity contribution in [2.75, 3.05) is 6.61 Å². The van der Waals surface area contributed by atoms with Gasteiger partial charge in [0.05, 0.1) is 12.7 Å². The molecule has 1 aliphatic heterocycles. The van der Waals surface area contributed by atoms with Gasteiger partial charge in [-0.25, -0.2) is 9.18 Å².